The molecular weight excluding hydrogens is 220 g/mol. The summed E-state index contributed by atoms with van der Waals surface area (Å²) in [7, 11) is 0. The maximum atomic E-state index is 10.7. The predicted octanol–water partition coefficient (Wildman–Crippen LogP) is 2.36. The van der Waals surface area contributed by atoms with Gasteiger partial charge >= 0.3 is 0 Å². The van der Waals surface area contributed by atoms with Gasteiger partial charge in [-0.2, -0.15) is 9.36 Å². The zero-order valence-corrected chi connectivity index (χ0v) is 9.78. The zero-order valence-electron chi connectivity index (χ0n) is 8.15. The number of hydrogen-bond donors (Lipinski definition) is 0. The summed E-state index contributed by atoms with van der Waals surface area (Å²) in [6.45, 7) is 4.25. The van der Waals surface area contributed by atoms with Crippen LogP contribution in [0.15, 0.2) is 5.16 Å². The van der Waals surface area contributed by atoms with Gasteiger partial charge in [0.1, 0.15) is 0 Å². The minimum absolute atomic E-state index is 0.0112. The Balaban J connectivity index is 2.38. The van der Waals surface area contributed by atoms with Crippen LogP contribution in [0.2, 0.25) is 0 Å². The lowest BCUT2D eigenvalue weighted by Crippen LogP contribution is -1.95. The van der Waals surface area contributed by atoms with Crippen LogP contribution in [0.3, 0.4) is 0 Å². The molecule has 0 saturated carbocycles. The number of ether oxygens (including phenoxy) is 1. The maximum Gasteiger partial charge on any atom is 0.293 e. The van der Waals surface area contributed by atoms with E-state index in [4.69, 9.17) is 4.74 Å². The fourth-order valence-corrected chi connectivity index (χ4v) is 1.89. The van der Waals surface area contributed by atoms with E-state index in [1.165, 1.54) is 18.5 Å². The van der Waals surface area contributed by atoms with Crippen LogP contribution in [0.1, 0.15) is 26.7 Å². The fraction of sp³-hybridized carbons (Fsp3) is 0.625. The molecule has 0 aromatic carbocycles. The third-order valence-electron chi connectivity index (χ3n) is 1.35. The van der Waals surface area contributed by atoms with Gasteiger partial charge in [-0.1, -0.05) is 13.3 Å². The summed E-state index contributed by atoms with van der Waals surface area (Å²) in [6, 6.07) is 0. The molecular formula is C8H12N2O2S2. The van der Waals surface area contributed by atoms with E-state index >= 15 is 0 Å². The Morgan fingerprint density at radius 1 is 1.64 bits per heavy atom. The minimum Gasteiger partial charge on any atom is -0.469 e. The Morgan fingerprint density at radius 3 is 3.07 bits per heavy atom. The summed E-state index contributed by atoms with van der Waals surface area (Å²) in [5, 5.41) is 1.01. The van der Waals surface area contributed by atoms with E-state index in [1.807, 2.05) is 0 Å². The Labute approximate surface area is 91.2 Å². The molecule has 0 N–H and O–H groups in total. The predicted molar refractivity (Wildman–Crippen MR) is 56.9 cm³/mol. The van der Waals surface area contributed by atoms with Crippen LogP contribution < -0.4 is 4.74 Å². The van der Waals surface area contributed by atoms with E-state index < -0.39 is 0 Å². The smallest absolute Gasteiger partial charge is 0.293 e. The van der Waals surface area contributed by atoms with Gasteiger partial charge in [0.25, 0.3) is 5.19 Å². The lowest BCUT2D eigenvalue weighted by molar-refractivity contribution is -0.109. The van der Waals surface area contributed by atoms with Crippen LogP contribution in [-0.4, -0.2) is 21.1 Å². The number of carbonyl (C=O) groups is 1. The average Bonchev–Trinajstić information content (AvgIpc) is 2.52. The van der Waals surface area contributed by atoms with Crippen LogP contribution in [-0.2, 0) is 4.79 Å². The SMILES string of the molecule is CCCCOc1nc(SC(C)=O)ns1. The highest BCUT2D eigenvalue weighted by molar-refractivity contribution is 8.13. The van der Waals surface area contributed by atoms with Gasteiger partial charge < -0.3 is 4.74 Å². The average molecular weight is 232 g/mol. The highest BCUT2D eigenvalue weighted by Crippen LogP contribution is 2.22. The van der Waals surface area contributed by atoms with E-state index in [0.29, 0.717) is 17.0 Å². The molecule has 0 radical (unpaired) electrons. The van der Waals surface area contributed by atoms with Crippen molar-refractivity contribution in [3.8, 4) is 5.19 Å². The lowest BCUT2D eigenvalue weighted by atomic mass is 10.4. The summed E-state index contributed by atoms with van der Waals surface area (Å²) < 4.78 is 9.31. The fourth-order valence-electron chi connectivity index (χ4n) is 0.729. The van der Waals surface area contributed by atoms with E-state index in [1.54, 1.807) is 0 Å². The second kappa shape index (κ2) is 5.98. The zero-order chi connectivity index (χ0) is 10.4. The molecule has 4 nitrogen and oxygen atoms in total. The third-order valence-corrected chi connectivity index (χ3v) is 2.74. The number of carbonyl (C=O) groups excluding carboxylic acids is 1. The van der Waals surface area contributed by atoms with Crippen molar-refractivity contribution >= 4 is 28.4 Å². The molecule has 0 spiro atoms. The van der Waals surface area contributed by atoms with Crippen LogP contribution in [0.25, 0.3) is 0 Å². The normalized spacial score (nSPS) is 10.1. The summed E-state index contributed by atoms with van der Waals surface area (Å²) in [4.78, 5) is 14.8. The largest absolute Gasteiger partial charge is 0.469 e. The van der Waals surface area contributed by atoms with Crippen molar-refractivity contribution in [1.82, 2.24) is 9.36 Å². The van der Waals surface area contributed by atoms with Crippen molar-refractivity contribution in [3.63, 3.8) is 0 Å². The molecule has 1 aromatic heterocycles. The molecule has 1 rings (SSSR count). The first-order valence-corrected chi connectivity index (χ1v) is 5.96. The lowest BCUT2D eigenvalue weighted by Gasteiger charge is -1.97. The molecule has 1 heterocycles. The first-order chi connectivity index (χ1) is 6.72. The van der Waals surface area contributed by atoms with Crippen molar-refractivity contribution in [2.75, 3.05) is 6.61 Å². The van der Waals surface area contributed by atoms with Gasteiger partial charge in [0.15, 0.2) is 5.12 Å². The van der Waals surface area contributed by atoms with Gasteiger partial charge in [0, 0.05) is 18.5 Å². The molecule has 0 aliphatic heterocycles. The van der Waals surface area contributed by atoms with Gasteiger partial charge in [0.2, 0.25) is 5.16 Å². The molecule has 0 saturated heterocycles. The summed E-state index contributed by atoms with van der Waals surface area (Å²) in [5.41, 5.74) is 0. The standard InChI is InChI=1S/C8H12N2O2S2/c1-3-4-5-12-8-9-7(10-14-8)13-6(2)11/h3-5H2,1-2H3. The first kappa shape index (κ1) is 11.5. The van der Waals surface area contributed by atoms with Crippen LogP contribution in [0.4, 0.5) is 0 Å². The van der Waals surface area contributed by atoms with Crippen LogP contribution in [0, 0.1) is 0 Å². The third kappa shape index (κ3) is 4.06. The Kier molecular flexibility index (Phi) is 4.89. The molecule has 0 aliphatic rings. The molecule has 6 heteroatoms. The van der Waals surface area contributed by atoms with E-state index in [0.717, 1.165) is 24.6 Å². The van der Waals surface area contributed by atoms with E-state index in [9.17, 15) is 4.79 Å². The first-order valence-electron chi connectivity index (χ1n) is 4.37. The molecule has 0 atom stereocenters. The van der Waals surface area contributed by atoms with Crippen molar-refractivity contribution in [3.05, 3.63) is 0 Å². The second-order valence-electron chi connectivity index (χ2n) is 2.64. The van der Waals surface area contributed by atoms with Gasteiger partial charge in [-0.3, -0.25) is 4.79 Å². The number of unbranched alkanes of at least 4 members (excludes halogenated alkanes) is 1. The highest BCUT2D eigenvalue weighted by atomic mass is 32.2. The molecule has 0 fully saturated rings. The van der Waals surface area contributed by atoms with Gasteiger partial charge in [0.05, 0.1) is 6.61 Å². The number of rotatable bonds is 5. The Morgan fingerprint density at radius 2 is 2.43 bits per heavy atom. The van der Waals surface area contributed by atoms with Gasteiger partial charge in [-0.05, 0) is 18.2 Å². The molecule has 1 aromatic rings. The molecule has 0 unspecified atom stereocenters. The topological polar surface area (TPSA) is 52.1 Å². The minimum atomic E-state index is -0.0112. The molecule has 0 bridgehead atoms. The highest BCUT2D eigenvalue weighted by Gasteiger charge is 2.07. The Hall–Kier alpha value is -0.620. The summed E-state index contributed by atoms with van der Waals surface area (Å²) in [5.74, 6) is 0. The molecule has 0 amide bonds. The van der Waals surface area contributed by atoms with Crippen molar-refractivity contribution in [1.29, 1.82) is 0 Å². The molecule has 14 heavy (non-hydrogen) atoms. The molecule has 78 valence electrons. The number of aromatic nitrogens is 2. The van der Waals surface area contributed by atoms with Crippen molar-refractivity contribution < 1.29 is 9.53 Å². The van der Waals surface area contributed by atoms with Crippen molar-refractivity contribution in [2.24, 2.45) is 0 Å². The Bertz CT molecular complexity index is 301. The number of hydrogen-bond acceptors (Lipinski definition) is 6. The van der Waals surface area contributed by atoms with Crippen LogP contribution in [0.5, 0.6) is 5.19 Å². The quantitative estimate of drug-likeness (QED) is 0.576. The van der Waals surface area contributed by atoms with E-state index in [2.05, 4.69) is 16.3 Å². The van der Waals surface area contributed by atoms with E-state index in [-0.39, 0.29) is 5.12 Å². The van der Waals surface area contributed by atoms with Crippen LogP contribution >= 0.6 is 23.3 Å². The summed E-state index contributed by atoms with van der Waals surface area (Å²) in [6.07, 6.45) is 2.10. The van der Waals surface area contributed by atoms with Gasteiger partial charge in [-0.15, -0.1) is 0 Å². The van der Waals surface area contributed by atoms with Crippen molar-refractivity contribution in [2.45, 2.75) is 31.8 Å². The number of thioether (sulfide) groups is 1. The molecule has 0 aliphatic carbocycles. The second-order valence-corrected chi connectivity index (χ2v) is 4.50. The maximum absolute atomic E-state index is 10.7. The monoisotopic (exact) mass is 232 g/mol. The van der Waals surface area contributed by atoms with Gasteiger partial charge in [-0.25, -0.2) is 0 Å². The summed E-state index contributed by atoms with van der Waals surface area (Å²) >= 11 is 2.21. The number of nitrogens with zero attached hydrogens (tertiary/aromatic N) is 2.